The number of hydrogen-bond acceptors (Lipinski definition) is 2. The minimum Gasteiger partial charge on any atom is -0.368 e. The predicted molar refractivity (Wildman–Crippen MR) is 79.7 cm³/mol. The summed E-state index contributed by atoms with van der Waals surface area (Å²) in [4.78, 5) is 8.44. The van der Waals surface area contributed by atoms with Crippen molar-refractivity contribution in [3.05, 3.63) is 11.6 Å². The van der Waals surface area contributed by atoms with E-state index in [-0.39, 0.29) is 12.5 Å². The third kappa shape index (κ3) is 7.02. The smallest absolute Gasteiger partial charge is 0.220 e. The van der Waals surface area contributed by atoms with Gasteiger partial charge in [0.25, 0.3) is 0 Å². The Bertz CT molecular complexity index is 314. The SMILES string of the molecule is C=C(N=C(N)N=C(C)C(C)(C)C)SP(C)C. The summed E-state index contributed by atoms with van der Waals surface area (Å²) in [7, 11) is -0.107. The second-order valence-electron chi connectivity index (χ2n) is 4.71. The zero-order valence-corrected chi connectivity index (χ0v) is 12.7. The van der Waals surface area contributed by atoms with Crippen molar-refractivity contribution >= 4 is 30.2 Å². The van der Waals surface area contributed by atoms with Gasteiger partial charge in [-0.15, -0.1) is 0 Å². The number of nitrogens with zero attached hydrogens (tertiary/aromatic N) is 2. The Morgan fingerprint density at radius 3 is 2.12 bits per heavy atom. The van der Waals surface area contributed by atoms with Gasteiger partial charge in [0.05, 0.1) is 5.03 Å². The Morgan fingerprint density at radius 2 is 1.75 bits per heavy atom. The third-order valence-corrected chi connectivity index (χ3v) is 4.29. The topological polar surface area (TPSA) is 50.7 Å². The quantitative estimate of drug-likeness (QED) is 0.477. The lowest BCUT2D eigenvalue weighted by atomic mass is 9.91. The highest BCUT2D eigenvalue weighted by atomic mass is 32.7. The van der Waals surface area contributed by atoms with E-state index in [1.165, 1.54) is 0 Å². The summed E-state index contributed by atoms with van der Waals surface area (Å²) in [5.41, 5.74) is 6.74. The summed E-state index contributed by atoms with van der Waals surface area (Å²) in [6.45, 7) is 16.4. The van der Waals surface area contributed by atoms with E-state index in [0.29, 0.717) is 5.96 Å². The van der Waals surface area contributed by atoms with Crippen molar-refractivity contribution in [1.82, 2.24) is 0 Å². The molecule has 0 aromatic carbocycles. The molecule has 3 nitrogen and oxygen atoms in total. The van der Waals surface area contributed by atoms with Crippen LogP contribution in [0.1, 0.15) is 27.7 Å². The molecule has 0 saturated carbocycles. The van der Waals surface area contributed by atoms with Gasteiger partial charge in [0.2, 0.25) is 5.96 Å². The van der Waals surface area contributed by atoms with E-state index >= 15 is 0 Å². The van der Waals surface area contributed by atoms with Gasteiger partial charge in [0.15, 0.2) is 0 Å². The first kappa shape index (κ1) is 15.7. The van der Waals surface area contributed by atoms with E-state index in [2.05, 4.69) is 50.7 Å². The second kappa shape index (κ2) is 6.41. The number of rotatable bonds is 3. The molecule has 0 saturated heterocycles. The van der Waals surface area contributed by atoms with Crippen LogP contribution in [0.3, 0.4) is 0 Å². The minimum absolute atomic E-state index is 0.0246. The number of hydrogen-bond donors (Lipinski definition) is 1. The van der Waals surface area contributed by atoms with Crippen LogP contribution in [0.4, 0.5) is 0 Å². The lowest BCUT2D eigenvalue weighted by Crippen LogP contribution is -2.21. The van der Waals surface area contributed by atoms with Gasteiger partial charge in [-0.2, -0.15) is 0 Å². The fourth-order valence-corrected chi connectivity index (χ4v) is 2.67. The fourth-order valence-electron chi connectivity index (χ4n) is 0.723. The highest BCUT2D eigenvalue weighted by Crippen LogP contribution is 2.46. The van der Waals surface area contributed by atoms with Gasteiger partial charge in [0, 0.05) is 11.1 Å². The summed E-state index contributed by atoms with van der Waals surface area (Å²) >= 11 is 1.65. The van der Waals surface area contributed by atoms with Crippen molar-refractivity contribution in [3.63, 3.8) is 0 Å². The molecule has 5 heteroatoms. The molecule has 2 N–H and O–H groups in total. The van der Waals surface area contributed by atoms with Crippen molar-refractivity contribution in [2.75, 3.05) is 13.3 Å². The molecule has 0 bridgehead atoms. The molecule has 0 radical (unpaired) electrons. The highest BCUT2D eigenvalue weighted by Gasteiger charge is 2.14. The molecular formula is C11H22N3PS. The van der Waals surface area contributed by atoms with Crippen LogP contribution in [-0.4, -0.2) is 25.0 Å². The Kier molecular flexibility index (Phi) is 6.27. The summed E-state index contributed by atoms with van der Waals surface area (Å²) in [6, 6.07) is 0. The first-order chi connectivity index (χ1) is 7.12. The van der Waals surface area contributed by atoms with Gasteiger partial charge in [-0.3, -0.25) is 0 Å². The van der Waals surface area contributed by atoms with E-state index in [1.54, 1.807) is 11.4 Å². The van der Waals surface area contributed by atoms with Gasteiger partial charge < -0.3 is 5.73 Å². The van der Waals surface area contributed by atoms with Crippen LogP contribution in [-0.2, 0) is 0 Å². The summed E-state index contributed by atoms with van der Waals surface area (Å²) < 4.78 is 0. The van der Waals surface area contributed by atoms with E-state index in [0.717, 1.165) is 10.7 Å². The molecule has 0 aliphatic rings. The monoisotopic (exact) mass is 259 g/mol. The molecule has 0 aliphatic heterocycles. The van der Waals surface area contributed by atoms with Crippen molar-refractivity contribution in [2.24, 2.45) is 21.1 Å². The Morgan fingerprint density at radius 1 is 1.25 bits per heavy atom. The molecule has 0 aromatic rings. The van der Waals surface area contributed by atoms with Crippen LogP contribution >= 0.6 is 18.5 Å². The molecule has 0 atom stereocenters. The number of guanidine groups is 1. The third-order valence-electron chi connectivity index (χ3n) is 1.89. The first-order valence-corrected chi connectivity index (χ1v) is 8.73. The van der Waals surface area contributed by atoms with E-state index in [9.17, 15) is 0 Å². The lowest BCUT2D eigenvalue weighted by Gasteiger charge is -2.17. The normalized spacial score (nSPS) is 14.4. The fraction of sp³-hybridized carbons (Fsp3) is 0.636. The van der Waals surface area contributed by atoms with Crippen LogP contribution < -0.4 is 5.73 Å². The molecular weight excluding hydrogens is 237 g/mol. The van der Waals surface area contributed by atoms with Crippen LogP contribution in [0.25, 0.3) is 0 Å². The zero-order chi connectivity index (χ0) is 12.9. The molecule has 0 spiro atoms. The molecule has 0 aromatic heterocycles. The number of aliphatic imine (C=N–C) groups is 2. The van der Waals surface area contributed by atoms with Crippen molar-refractivity contribution in [3.8, 4) is 0 Å². The Balaban J connectivity index is 4.63. The van der Waals surface area contributed by atoms with E-state index in [4.69, 9.17) is 5.73 Å². The summed E-state index contributed by atoms with van der Waals surface area (Å²) in [5, 5.41) is 0.735. The molecule has 0 heterocycles. The average molecular weight is 259 g/mol. The van der Waals surface area contributed by atoms with Gasteiger partial charge >= 0.3 is 0 Å². The van der Waals surface area contributed by atoms with Crippen LogP contribution in [0, 0.1) is 5.41 Å². The zero-order valence-electron chi connectivity index (χ0n) is 11.0. The molecule has 16 heavy (non-hydrogen) atoms. The average Bonchev–Trinajstić information content (AvgIpc) is 1.98. The van der Waals surface area contributed by atoms with E-state index < -0.39 is 0 Å². The van der Waals surface area contributed by atoms with Crippen molar-refractivity contribution in [2.45, 2.75) is 27.7 Å². The first-order valence-electron chi connectivity index (χ1n) is 5.07. The van der Waals surface area contributed by atoms with Crippen LogP contribution in [0.5, 0.6) is 0 Å². The van der Waals surface area contributed by atoms with Crippen molar-refractivity contribution in [1.29, 1.82) is 0 Å². The Labute approximate surface area is 104 Å². The molecule has 0 amide bonds. The molecule has 0 aliphatic carbocycles. The molecule has 0 unspecified atom stereocenters. The molecule has 92 valence electrons. The van der Waals surface area contributed by atoms with Gasteiger partial charge in [0.1, 0.15) is 0 Å². The van der Waals surface area contributed by atoms with Gasteiger partial charge in [-0.05, 0) is 27.4 Å². The number of nitrogens with two attached hydrogens (primary N) is 1. The van der Waals surface area contributed by atoms with Gasteiger partial charge in [-0.1, -0.05) is 38.7 Å². The molecule has 0 rings (SSSR count). The largest absolute Gasteiger partial charge is 0.368 e. The molecule has 0 fully saturated rings. The van der Waals surface area contributed by atoms with Crippen LogP contribution in [0.15, 0.2) is 21.6 Å². The maximum absolute atomic E-state index is 5.74. The highest BCUT2D eigenvalue weighted by molar-refractivity contribution is 8.57. The predicted octanol–water partition coefficient (Wildman–Crippen LogP) is 3.67. The Hall–Kier alpha value is -0.340. The lowest BCUT2D eigenvalue weighted by molar-refractivity contribution is 0.588. The minimum atomic E-state index is -0.107. The van der Waals surface area contributed by atoms with Crippen LogP contribution in [0.2, 0.25) is 0 Å². The second-order valence-corrected chi connectivity index (χ2v) is 9.73. The summed E-state index contributed by atoms with van der Waals surface area (Å²) in [5.74, 6) is 0.293. The maximum Gasteiger partial charge on any atom is 0.220 e. The summed E-state index contributed by atoms with van der Waals surface area (Å²) in [6.07, 6.45) is 0. The van der Waals surface area contributed by atoms with Crippen molar-refractivity contribution < 1.29 is 0 Å². The van der Waals surface area contributed by atoms with E-state index in [1.807, 2.05) is 6.92 Å². The maximum atomic E-state index is 5.74. The van der Waals surface area contributed by atoms with Gasteiger partial charge in [-0.25, -0.2) is 9.98 Å². The standard InChI is InChI=1S/C11H22N3PS/c1-8(11(3,4)5)13-10(12)14-9(2)16-15(6)7/h2H2,1,3-7H3,(H2,12,14).